The van der Waals surface area contributed by atoms with Crippen molar-refractivity contribution in [1.82, 2.24) is 10.1 Å². The Bertz CT molecular complexity index is 530. The third-order valence-electron chi connectivity index (χ3n) is 2.10. The zero-order chi connectivity index (χ0) is 10.1. The van der Waals surface area contributed by atoms with E-state index in [1.54, 1.807) is 6.26 Å². The molecule has 5 heteroatoms. The fourth-order valence-corrected chi connectivity index (χ4v) is 1.45. The minimum absolute atomic E-state index is 0.367. The molecule has 0 radical (unpaired) electrons. The normalized spacial score (nSPS) is 10.7. The van der Waals surface area contributed by atoms with Crippen molar-refractivity contribution >= 4 is 11.7 Å². The molecule has 0 atom stereocenters. The number of hydrogen-bond donors (Lipinski definition) is 1. The molecule has 0 amide bonds. The molecule has 1 N–H and O–H groups in total. The number of rotatable bonds is 2. The highest BCUT2D eigenvalue weighted by molar-refractivity contribution is 5.79. The molecule has 5 nitrogen and oxygen atoms in total. The summed E-state index contributed by atoms with van der Waals surface area (Å²) in [7, 11) is 0. The van der Waals surface area contributed by atoms with Gasteiger partial charge in [-0.05, 0) is 24.3 Å². The zero-order valence-corrected chi connectivity index (χ0v) is 7.68. The van der Waals surface area contributed by atoms with E-state index in [0.717, 1.165) is 17.0 Å². The minimum atomic E-state index is 0.367. The summed E-state index contributed by atoms with van der Waals surface area (Å²) >= 11 is 0. The summed E-state index contributed by atoms with van der Waals surface area (Å²) < 4.78 is 10.2. The van der Waals surface area contributed by atoms with Gasteiger partial charge in [0.15, 0.2) is 6.33 Å². The summed E-state index contributed by atoms with van der Waals surface area (Å²) in [6.07, 6.45) is 2.98. The van der Waals surface area contributed by atoms with Crippen LogP contribution in [0.15, 0.2) is 45.8 Å². The highest BCUT2D eigenvalue weighted by Crippen LogP contribution is 2.33. The van der Waals surface area contributed by atoms with Gasteiger partial charge in [0.1, 0.15) is 5.76 Å². The summed E-state index contributed by atoms with van der Waals surface area (Å²) in [6.45, 7) is 0. The summed E-state index contributed by atoms with van der Waals surface area (Å²) in [4.78, 5) is 3.88. The van der Waals surface area contributed by atoms with Crippen molar-refractivity contribution in [1.29, 1.82) is 0 Å². The average Bonchev–Trinajstić information content (AvgIpc) is 2.89. The van der Waals surface area contributed by atoms with Crippen molar-refractivity contribution in [3.05, 3.63) is 36.9 Å². The maximum atomic E-state index is 5.30. The third-order valence-corrected chi connectivity index (χ3v) is 2.10. The molecular formula is C10H7N3O2. The first-order chi connectivity index (χ1) is 7.43. The lowest BCUT2D eigenvalue weighted by Gasteiger charge is -2.01. The molecule has 74 valence electrons. The van der Waals surface area contributed by atoms with Gasteiger partial charge < -0.3 is 14.3 Å². The van der Waals surface area contributed by atoms with E-state index in [-0.39, 0.29) is 0 Å². The Morgan fingerprint density at radius 2 is 2.20 bits per heavy atom. The van der Waals surface area contributed by atoms with Gasteiger partial charge in [-0.25, -0.2) is 0 Å². The van der Waals surface area contributed by atoms with Crippen LogP contribution in [0, 0.1) is 0 Å². The first kappa shape index (κ1) is 8.05. The Balaban J connectivity index is 1.99. The van der Waals surface area contributed by atoms with Gasteiger partial charge in [0.2, 0.25) is 0 Å². The van der Waals surface area contributed by atoms with Gasteiger partial charge in [0.25, 0.3) is 0 Å². The van der Waals surface area contributed by atoms with Crippen LogP contribution >= 0.6 is 0 Å². The van der Waals surface area contributed by atoms with E-state index >= 15 is 0 Å². The Morgan fingerprint density at radius 1 is 1.20 bits per heavy atom. The zero-order valence-electron chi connectivity index (χ0n) is 7.68. The fourth-order valence-electron chi connectivity index (χ4n) is 1.45. The van der Waals surface area contributed by atoms with Crippen LogP contribution in [0.1, 0.15) is 0 Å². The predicted molar refractivity (Wildman–Crippen MR) is 52.9 cm³/mol. The molecule has 1 aromatic rings. The second-order valence-corrected chi connectivity index (χ2v) is 3.01. The quantitative estimate of drug-likeness (QED) is 0.690. The van der Waals surface area contributed by atoms with Crippen LogP contribution in [0.2, 0.25) is 0 Å². The third kappa shape index (κ3) is 1.34. The topological polar surface area (TPSA) is 64.1 Å². The minimum Gasteiger partial charge on any atom is -0.464 e. The molecule has 0 saturated heterocycles. The van der Waals surface area contributed by atoms with Crippen molar-refractivity contribution < 1.29 is 8.94 Å². The molecule has 0 unspecified atom stereocenters. The number of hydrogen-bond acceptors (Lipinski definition) is 5. The molecule has 0 fully saturated rings. The van der Waals surface area contributed by atoms with Crippen molar-refractivity contribution in [2.24, 2.45) is 0 Å². The van der Waals surface area contributed by atoms with Gasteiger partial charge in [-0.1, -0.05) is 5.16 Å². The number of nitrogens with zero attached hydrogens (tertiary/aromatic N) is 2. The first-order valence-electron chi connectivity index (χ1n) is 4.43. The van der Waals surface area contributed by atoms with Gasteiger partial charge >= 0.3 is 6.01 Å². The predicted octanol–water partition coefficient (Wildman–Crippen LogP) is 2.51. The molecule has 15 heavy (non-hydrogen) atoms. The largest absolute Gasteiger partial charge is 0.464 e. The van der Waals surface area contributed by atoms with E-state index in [9.17, 15) is 0 Å². The Morgan fingerprint density at radius 3 is 3.07 bits per heavy atom. The molecule has 0 bridgehead atoms. The second kappa shape index (κ2) is 3.13. The summed E-state index contributed by atoms with van der Waals surface area (Å²) in [6, 6.07) is 7.94. The van der Waals surface area contributed by atoms with Crippen LogP contribution in [0.5, 0.6) is 0 Å². The van der Waals surface area contributed by atoms with Crippen LogP contribution in [0.25, 0.3) is 11.3 Å². The number of anilines is 2. The lowest BCUT2D eigenvalue weighted by molar-refractivity contribution is 0.433. The first-order valence-corrected chi connectivity index (χ1v) is 4.43. The molecule has 0 aromatic carbocycles. The van der Waals surface area contributed by atoms with Crippen molar-refractivity contribution in [3.63, 3.8) is 0 Å². The lowest BCUT2D eigenvalue weighted by atomic mass is 10.2. The van der Waals surface area contributed by atoms with Crippen LogP contribution in [-0.2, 0) is 0 Å². The van der Waals surface area contributed by atoms with E-state index in [1.807, 2.05) is 24.3 Å². The number of fused-ring (bicyclic) bond motifs is 1. The van der Waals surface area contributed by atoms with E-state index in [0.29, 0.717) is 6.01 Å². The molecule has 1 aromatic heterocycles. The molecule has 2 aliphatic rings. The monoisotopic (exact) mass is 201 g/mol. The molecule has 0 saturated carbocycles. The van der Waals surface area contributed by atoms with Gasteiger partial charge in [0, 0.05) is 5.56 Å². The van der Waals surface area contributed by atoms with Gasteiger partial charge in [0.05, 0.1) is 12.0 Å². The summed E-state index contributed by atoms with van der Waals surface area (Å²) in [5.41, 5.74) is 1.87. The molecule has 3 rings (SSSR count). The smallest absolute Gasteiger partial charge is 0.325 e. The summed E-state index contributed by atoms with van der Waals surface area (Å²) in [5.74, 6) is 0.819. The molecule has 1 aliphatic carbocycles. The molecule has 0 spiro atoms. The van der Waals surface area contributed by atoms with Crippen LogP contribution < -0.4 is 5.32 Å². The standard InChI is InChI=1S/C10H7N3O2/c1-2-7-8(3-4-9(7)14-5-1)13-10-11-6-12-15-10/h1-6H,(H,11,12,13). The van der Waals surface area contributed by atoms with Crippen molar-refractivity contribution in [3.8, 4) is 11.3 Å². The average molecular weight is 201 g/mol. The molecule has 1 aliphatic heterocycles. The van der Waals surface area contributed by atoms with E-state index in [2.05, 4.69) is 15.5 Å². The number of aromatic nitrogens is 2. The van der Waals surface area contributed by atoms with Crippen LogP contribution in [-0.4, -0.2) is 10.1 Å². The van der Waals surface area contributed by atoms with Crippen molar-refractivity contribution in [2.45, 2.75) is 0 Å². The Hall–Kier alpha value is -2.30. The van der Waals surface area contributed by atoms with E-state index < -0.39 is 0 Å². The maximum Gasteiger partial charge on any atom is 0.325 e. The second-order valence-electron chi connectivity index (χ2n) is 3.01. The fraction of sp³-hybridized carbons (Fsp3) is 0. The number of nitrogens with one attached hydrogen (secondary N) is 1. The Labute approximate surface area is 85.1 Å². The highest BCUT2D eigenvalue weighted by Gasteiger charge is 2.11. The van der Waals surface area contributed by atoms with Crippen molar-refractivity contribution in [2.75, 3.05) is 5.32 Å². The SMILES string of the molecule is c1coc2ccc(Nc3ncno3)c-2c1. The highest BCUT2D eigenvalue weighted by atomic mass is 16.5. The van der Waals surface area contributed by atoms with Gasteiger partial charge in [-0.15, -0.1) is 0 Å². The molecular weight excluding hydrogens is 194 g/mol. The van der Waals surface area contributed by atoms with Crippen LogP contribution in [0.3, 0.4) is 0 Å². The van der Waals surface area contributed by atoms with Gasteiger partial charge in [-0.2, -0.15) is 4.98 Å². The Kier molecular flexibility index (Phi) is 1.68. The maximum absolute atomic E-state index is 5.30. The van der Waals surface area contributed by atoms with Gasteiger partial charge in [-0.3, -0.25) is 0 Å². The van der Waals surface area contributed by atoms with Crippen LogP contribution in [0.4, 0.5) is 11.7 Å². The lowest BCUT2D eigenvalue weighted by Crippen LogP contribution is -1.89. The van der Waals surface area contributed by atoms with E-state index in [1.165, 1.54) is 6.33 Å². The van der Waals surface area contributed by atoms with E-state index in [4.69, 9.17) is 8.94 Å². The summed E-state index contributed by atoms with van der Waals surface area (Å²) in [5, 5.41) is 6.52. The molecule has 2 heterocycles.